The van der Waals surface area contributed by atoms with Crippen molar-refractivity contribution in [2.24, 2.45) is 0 Å². The standard InChI is InChI=1S/C21H21N3/c1-16-9-6-7-12-19(16)23-15-17(2)24(18-10-4-3-5-11-18)21-20(23)13-8-14-22-21/h3-14,17H,15H2,1-2H3/t17-/m1/s1. The molecular formula is C21H21N3. The van der Waals surface area contributed by atoms with Crippen LogP contribution in [0.2, 0.25) is 0 Å². The third-order valence-corrected chi connectivity index (χ3v) is 4.61. The number of hydrogen-bond donors (Lipinski definition) is 0. The Labute approximate surface area is 143 Å². The maximum absolute atomic E-state index is 4.72. The van der Waals surface area contributed by atoms with E-state index in [0.717, 1.165) is 18.1 Å². The molecule has 0 radical (unpaired) electrons. The molecule has 1 aliphatic heterocycles. The first-order valence-corrected chi connectivity index (χ1v) is 8.38. The van der Waals surface area contributed by atoms with Crippen LogP contribution in [0.1, 0.15) is 12.5 Å². The van der Waals surface area contributed by atoms with Gasteiger partial charge in [0.2, 0.25) is 0 Å². The van der Waals surface area contributed by atoms with E-state index in [4.69, 9.17) is 4.98 Å². The lowest BCUT2D eigenvalue weighted by molar-refractivity contribution is 0.675. The second-order valence-electron chi connectivity index (χ2n) is 6.30. The number of aryl methyl sites for hydroxylation is 1. The van der Waals surface area contributed by atoms with E-state index >= 15 is 0 Å². The normalized spacial score (nSPS) is 16.8. The topological polar surface area (TPSA) is 19.4 Å². The number of nitrogens with zero attached hydrogens (tertiary/aromatic N) is 3. The molecule has 0 aliphatic carbocycles. The molecule has 0 spiro atoms. The van der Waals surface area contributed by atoms with E-state index in [9.17, 15) is 0 Å². The molecule has 120 valence electrons. The largest absolute Gasteiger partial charge is 0.336 e. The zero-order valence-electron chi connectivity index (χ0n) is 14.1. The first-order chi connectivity index (χ1) is 11.8. The molecule has 3 heteroatoms. The molecule has 0 bridgehead atoms. The van der Waals surface area contributed by atoms with Gasteiger partial charge in [-0.2, -0.15) is 0 Å². The molecule has 0 fully saturated rings. The van der Waals surface area contributed by atoms with Gasteiger partial charge in [0, 0.05) is 24.1 Å². The summed E-state index contributed by atoms with van der Waals surface area (Å²) >= 11 is 0. The Hall–Kier alpha value is -2.81. The van der Waals surface area contributed by atoms with Gasteiger partial charge in [-0.1, -0.05) is 36.4 Å². The number of rotatable bonds is 2. The highest BCUT2D eigenvalue weighted by molar-refractivity contribution is 5.82. The Bertz CT molecular complexity index is 844. The molecule has 3 nitrogen and oxygen atoms in total. The van der Waals surface area contributed by atoms with E-state index in [1.807, 2.05) is 12.3 Å². The van der Waals surface area contributed by atoms with E-state index in [1.54, 1.807) is 0 Å². The van der Waals surface area contributed by atoms with Crippen LogP contribution in [0.5, 0.6) is 0 Å². The molecule has 1 atom stereocenters. The van der Waals surface area contributed by atoms with Crippen LogP contribution in [-0.4, -0.2) is 17.6 Å². The molecule has 3 aromatic rings. The minimum absolute atomic E-state index is 0.328. The Morgan fingerprint density at radius 3 is 2.38 bits per heavy atom. The van der Waals surface area contributed by atoms with Gasteiger partial charge in [0.15, 0.2) is 5.82 Å². The van der Waals surface area contributed by atoms with Gasteiger partial charge in [-0.3, -0.25) is 0 Å². The first-order valence-electron chi connectivity index (χ1n) is 8.38. The zero-order chi connectivity index (χ0) is 16.5. The summed E-state index contributed by atoms with van der Waals surface area (Å²) in [6.45, 7) is 5.36. The first kappa shape index (κ1) is 14.8. The lowest BCUT2D eigenvalue weighted by Gasteiger charge is -2.42. The van der Waals surface area contributed by atoms with Crippen molar-refractivity contribution in [3.63, 3.8) is 0 Å². The van der Waals surface area contributed by atoms with Gasteiger partial charge in [0.25, 0.3) is 0 Å². The summed E-state index contributed by atoms with van der Waals surface area (Å²) in [6.07, 6.45) is 1.88. The van der Waals surface area contributed by atoms with Crippen LogP contribution in [0, 0.1) is 6.92 Å². The lowest BCUT2D eigenvalue weighted by atomic mass is 10.1. The van der Waals surface area contributed by atoms with Crippen molar-refractivity contribution in [1.82, 2.24) is 4.98 Å². The summed E-state index contributed by atoms with van der Waals surface area (Å²) < 4.78 is 0. The zero-order valence-corrected chi connectivity index (χ0v) is 14.1. The van der Waals surface area contributed by atoms with Crippen LogP contribution in [-0.2, 0) is 0 Å². The quantitative estimate of drug-likeness (QED) is 0.658. The highest BCUT2D eigenvalue weighted by Crippen LogP contribution is 2.42. The van der Waals surface area contributed by atoms with Crippen LogP contribution < -0.4 is 9.80 Å². The second kappa shape index (κ2) is 6.00. The minimum Gasteiger partial charge on any atom is -0.336 e. The molecule has 1 aliphatic rings. The summed E-state index contributed by atoms with van der Waals surface area (Å²) in [4.78, 5) is 9.45. The van der Waals surface area contributed by atoms with Crippen LogP contribution >= 0.6 is 0 Å². The molecule has 0 saturated heterocycles. The maximum atomic E-state index is 4.72. The fourth-order valence-corrected chi connectivity index (χ4v) is 3.50. The fraction of sp³-hybridized carbons (Fsp3) is 0.190. The van der Waals surface area contributed by atoms with Gasteiger partial charge in [0.1, 0.15) is 0 Å². The highest BCUT2D eigenvalue weighted by Gasteiger charge is 2.31. The Balaban J connectivity index is 1.85. The van der Waals surface area contributed by atoms with Crippen LogP contribution in [0.4, 0.5) is 22.9 Å². The van der Waals surface area contributed by atoms with Gasteiger partial charge in [-0.15, -0.1) is 0 Å². The molecule has 1 aromatic heterocycles. The van der Waals surface area contributed by atoms with Crippen LogP contribution in [0.15, 0.2) is 72.9 Å². The maximum Gasteiger partial charge on any atom is 0.157 e. The Morgan fingerprint density at radius 2 is 1.58 bits per heavy atom. The van der Waals surface area contributed by atoms with E-state index in [0.29, 0.717) is 6.04 Å². The van der Waals surface area contributed by atoms with Gasteiger partial charge >= 0.3 is 0 Å². The van der Waals surface area contributed by atoms with E-state index in [-0.39, 0.29) is 0 Å². The molecule has 4 rings (SSSR count). The van der Waals surface area contributed by atoms with Gasteiger partial charge < -0.3 is 9.80 Å². The summed E-state index contributed by atoms with van der Waals surface area (Å²) in [5.41, 5.74) is 4.89. The van der Waals surface area contributed by atoms with Gasteiger partial charge in [0.05, 0.1) is 11.7 Å². The van der Waals surface area contributed by atoms with Crippen LogP contribution in [0.3, 0.4) is 0 Å². The Kier molecular flexibility index (Phi) is 3.69. The number of pyridine rings is 1. The third kappa shape index (κ3) is 2.42. The minimum atomic E-state index is 0.328. The summed E-state index contributed by atoms with van der Waals surface area (Å²) in [5.74, 6) is 1.02. The number of aromatic nitrogens is 1. The van der Waals surface area contributed by atoms with Crippen molar-refractivity contribution in [2.75, 3.05) is 16.3 Å². The van der Waals surface area contributed by atoms with Crippen molar-refractivity contribution in [1.29, 1.82) is 0 Å². The monoisotopic (exact) mass is 315 g/mol. The number of para-hydroxylation sites is 2. The predicted molar refractivity (Wildman–Crippen MR) is 100 cm³/mol. The summed E-state index contributed by atoms with van der Waals surface area (Å²) in [5, 5.41) is 0. The predicted octanol–water partition coefficient (Wildman–Crippen LogP) is 5.07. The number of anilines is 4. The average Bonchev–Trinajstić information content (AvgIpc) is 2.62. The van der Waals surface area contributed by atoms with Crippen molar-refractivity contribution in [3.8, 4) is 0 Å². The van der Waals surface area contributed by atoms with Gasteiger partial charge in [-0.25, -0.2) is 4.98 Å². The van der Waals surface area contributed by atoms with Gasteiger partial charge in [-0.05, 0) is 49.7 Å². The van der Waals surface area contributed by atoms with E-state index < -0.39 is 0 Å². The van der Waals surface area contributed by atoms with Crippen molar-refractivity contribution in [2.45, 2.75) is 19.9 Å². The lowest BCUT2D eigenvalue weighted by Crippen LogP contribution is -2.44. The Morgan fingerprint density at radius 1 is 0.875 bits per heavy atom. The van der Waals surface area contributed by atoms with Crippen molar-refractivity contribution < 1.29 is 0 Å². The molecule has 24 heavy (non-hydrogen) atoms. The van der Waals surface area contributed by atoms with E-state index in [1.165, 1.54) is 16.9 Å². The number of fused-ring (bicyclic) bond motifs is 1. The smallest absolute Gasteiger partial charge is 0.157 e. The molecule has 0 saturated carbocycles. The SMILES string of the molecule is Cc1ccccc1N1C[C@@H](C)N(c2ccccc2)c2ncccc21. The highest BCUT2D eigenvalue weighted by atomic mass is 15.3. The van der Waals surface area contributed by atoms with Crippen molar-refractivity contribution >= 4 is 22.9 Å². The van der Waals surface area contributed by atoms with Crippen molar-refractivity contribution in [3.05, 3.63) is 78.5 Å². The second-order valence-corrected chi connectivity index (χ2v) is 6.30. The molecular weight excluding hydrogens is 294 g/mol. The molecule has 0 amide bonds. The van der Waals surface area contributed by atoms with Crippen LogP contribution in [0.25, 0.3) is 0 Å². The third-order valence-electron chi connectivity index (χ3n) is 4.61. The molecule has 2 heterocycles. The summed E-state index contributed by atoms with van der Waals surface area (Å²) in [7, 11) is 0. The molecule has 0 unspecified atom stereocenters. The average molecular weight is 315 g/mol. The van der Waals surface area contributed by atoms with E-state index in [2.05, 4.69) is 84.3 Å². The number of hydrogen-bond acceptors (Lipinski definition) is 3. The fourth-order valence-electron chi connectivity index (χ4n) is 3.50. The molecule has 2 aromatic carbocycles. The molecule has 0 N–H and O–H groups in total. The summed E-state index contributed by atoms with van der Waals surface area (Å²) in [6, 6.07) is 23.6. The number of benzene rings is 2.